The fraction of sp³-hybridized carbons (Fsp3) is 0.250. The number of carbonyl (C=O) groups excluding carboxylic acids is 1. The molecule has 0 bridgehead atoms. The minimum Gasteiger partial charge on any atom is -0.461 e. The monoisotopic (exact) mass is 304 g/mol. The van der Waals surface area contributed by atoms with E-state index in [2.05, 4.69) is 4.98 Å². The predicted octanol–water partition coefficient (Wildman–Crippen LogP) is 3.49. The molecule has 2 aromatic rings. The molecule has 0 saturated carbocycles. The van der Waals surface area contributed by atoms with Crippen LogP contribution in [0.25, 0.3) is 5.57 Å². The number of esters is 1. The van der Waals surface area contributed by atoms with Crippen molar-refractivity contribution in [3.05, 3.63) is 59.1 Å². The fourth-order valence-electron chi connectivity index (χ4n) is 1.92. The molecule has 1 aromatic carbocycles. The smallest absolute Gasteiger partial charge is 0.331 e. The maximum Gasteiger partial charge on any atom is 0.331 e. The van der Waals surface area contributed by atoms with E-state index in [0.29, 0.717) is 18.2 Å². The molecule has 5 heteroatoms. The van der Waals surface area contributed by atoms with Gasteiger partial charge in [-0.2, -0.15) is 0 Å². The van der Waals surface area contributed by atoms with Crippen molar-refractivity contribution in [2.75, 3.05) is 6.61 Å². The molecule has 0 saturated heterocycles. The zero-order chi connectivity index (χ0) is 15.2. The van der Waals surface area contributed by atoms with E-state index in [1.54, 1.807) is 12.3 Å². The van der Waals surface area contributed by atoms with Crippen LogP contribution in [-0.4, -0.2) is 22.1 Å². The Kier molecular flexibility index (Phi) is 5.17. The standard InChI is InChI=1S/C16H17ClN2O2/c1-12(14-4-3-5-15(17)11-14)10-16(20)21-9-8-19-7-6-18-13(19)2/h3-7,10-11H,8-9H2,1-2H3. The Morgan fingerprint density at radius 3 is 2.95 bits per heavy atom. The quantitative estimate of drug-likeness (QED) is 0.627. The zero-order valence-corrected chi connectivity index (χ0v) is 12.8. The molecular weight excluding hydrogens is 288 g/mol. The van der Waals surface area contributed by atoms with E-state index in [1.165, 1.54) is 6.08 Å². The Balaban J connectivity index is 1.89. The molecule has 4 nitrogen and oxygen atoms in total. The van der Waals surface area contributed by atoms with Crippen LogP contribution < -0.4 is 0 Å². The first-order valence-corrected chi connectivity index (χ1v) is 7.03. The summed E-state index contributed by atoms with van der Waals surface area (Å²) in [5.41, 5.74) is 1.73. The lowest BCUT2D eigenvalue weighted by atomic mass is 10.1. The van der Waals surface area contributed by atoms with E-state index in [4.69, 9.17) is 16.3 Å². The van der Waals surface area contributed by atoms with Crippen molar-refractivity contribution < 1.29 is 9.53 Å². The van der Waals surface area contributed by atoms with Gasteiger partial charge in [-0.1, -0.05) is 23.7 Å². The summed E-state index contributed by atoms with van der Waals surface area (Å²) in [7, 11) is 0. The first-order chi connectivity index (χ1) is 10.1. The highest BCUT2D eigenvalue weighted by molar-refractivity contribution is 6.30. The van der Waals surface area contributed by atoms with Gasteiger partial charge in [-0.15, -0.1) is 0 Å². The number of aromatic nitrogens is 2. The number of benzene rings is 1. The van der Waals surface area contributed by atoms with Crippen molar-refractivity contribution >= 4 is 23.1 Å². The summed E-state index contributed by atoms with van der Waals surface area (Å²) < 4.78 is 7.13. The number of nitrogens with zero attached hydrogens (tertiary/aromatic N) is 2. The van der Waals surface area contributed by atoms with Crippen molar-refractivity contribution in [2.24, 2.45) is 0 Å². The minimum atomic E-state index is -0.356. The molecule has 0 N–H and O–H groups in total. The molecule has 0 radical (unpaired) electrons. The highest BCUT2D eigenvalue weighted by atomic mass is 35.5. The second kappa shape index (κ2) is 7.09. The predicted molar refractivity (Wildman–Crippen MR) is 83.0 cm³/mol. The number of allylic oxidation sites excluding steroid dienone is 1. The lowest BCUT2D eigenvalue weighted by Crippen LogP contribution is -2.10. The van der Waals surface area contributed by atoms with E-state index in [9.17, 15) is 4.79 Å². The van der Waals surface area contributed by atoms with Gasteiger partial charge in [0.05, 0.1) is 6.54 Å². The van der Waals surface area contributed by atoms with Crippen LogP contribution in [0, 0.1) is 6.92 Å². The maximum absolute atomic E-state index is 11.8. The molecule has 2 rings (SSSR count). The molecule has 1 aromatic heterocycles. The topological polar surface area (TPSA) is 44.1 Å². The van der Waals surface area contributed by atoms with Gasteiger partial charge in [0.2, 0.25) is 0 Å². The van der Waals surface area contributed by atoms with Crippen LogP contribution in [0.2, 0.25) is 5.02 Å². The largest absolute Gasteiger partial charge is 0.461 e. The third-order valence-corrected chi connectivity index (χ3v) is 3.35. The number of hydrogen-bond donors (Lipinski definition) is 0. The van der Waals surface area contributed by atoms with Crippen LogP contribution in [0.1, 0.15) is 18.3 Å². The van der Waals surface area contributed by atoms with Gasteiger partial charge in [0, 0.05) is 23.5 Å². The first kappa shape index (κ1) is 15.3. The Labute approximate surface area is 129 Å². The molecule has 110 valence electrons. The summed E-state index contributed by atoms with van der Waals surface area (Å²) in [6.45, 7) is 4.68. The summed E-state index contributed by atoms with van der Waals surface area (Å²) in [5, 5.41) is 0.643. The van der Waals surface area contributed by atoms with Gasteiger partial charge in [0.25, 0.3) is 0 Å². The second-order valence-corrected chi connectivity index (χ2v) is 5.11. The Hall–Kier alpha value is -2.07. The van der Waals surface area contributed by atoms with E-state index in [0.717, 1.165) is 17.0 Å². The third kappa shape index (κ3) is 4.46. The number of rotatable bonds is 5. The molecule has 0 atom stereocenters. The van der Waals surface area contributed by atoms with Crippen molar-refractivity contribution in [3.63, 3.8) is 0 Å². The van der Waals surface area contributed by atoms with Crippen LogP contribution >= 0.6 is 11.6 Å². The van der Waals surface area contributed by atoms with Crippen LogP contribution in [0.4, 0.5) is 0 Å². The summed E-state index contributed by atoms with van der Waals surface area (Å²) in [5.74, 6) is 0.543. The Bertz CT molecular complexity index is 662. The van der Waals surface area contributed by atoms with Gasteiger partial charge in [-0.3, -0.25) is 0 Å². The summed E-state index contributed by atoms with van der Waals surface area (Å²) in [6.07, 6.45) is 5.06. The van der Waals surface area contributed by atoms with Gasteiger partial charge in [-0.25, -0.2) is 9.78 Å². The molecule has 0 unspecified atom stereocenters. The number of ether oxygens (including phenoxy) is 1. The van der Waals surface area contributed by atoms with E-state index in [-0.39, 0.29) is 5.97 Å². The van der Waals surface area contributed by atoms with Crippen LogP contribution in [0.3, 0.4) is 0 Å². The number of imidazole rings is 1. The van der Waals surface area contributed by atoms with Crippen molar-refractivity contribution in [1.82, 2.24) is 9.55 Å². The number of hydrogen-bond acceptors (Lipinski definition) is 3. The molecule has 0 aliphatic carbocycles. The SMILES string of the molecule is CC(=CC(=O)OCCn1ccnc1C)c1cccc(Cl)c1. The minimum absolute atomic E-state index is 0.315. The molecule has 1 heterocycles. The third-order valence-electron chi connectivity index (χ3n) is 3.11. The van der Waals surface area contributed by atoms with Crippen LogP contribution in [-0.2, 0) is 16.1 Å². The lowest BCUT2D eigenvalue weighted by molar-refractivity contribution is -0.137. The van der Waals surface area contributed by atoms with Gasteiger partial charge in [0.15, 0.2) is 0 Å². The van der Waals surface area contributed by atoms with E-state index >= 15 is 0 Å². The Morgan fingerprint density at radius 1 is 1.48 bits per heavy atom. The summed E-state index contributed by atoms with van der Waals surface area (Å²) >= 11 is 5.93. The molecule has 0 aliphatic heterocycles. The lowest BCUT2D eigenvalue weighted by Gasteiger charge is -2.06. The van der Waals surface area contributed by atoms with E-state index in [1.807, 2.05) is 42.8 Å². The van der Waals surface area contributed by atoms with Crippen molar-refractivity contribution in [2.45, 2.75) is 20.4 Å². The average molecular weight is 305 g/mol. The van der Waals surface area contributed by atoms with E-state index < -0.39 is 0 Å². The molecule has 0 aliphatic rings. The maximum atomic E-state index is 11.8. The zero-order valence-electron chi connectivity index (χ0n) is 12.0. The highest BCUT2D eigenvalue weighted by Crippen LogP contribution is 2.18. The Morgan fingerprint density at radius 2 is 2.29 bits per heavy atom. The van der Waals surface area contributed by atoms with Gasteiger partial charge < -0.3 is 9.30 Å². The van der Waals surface area contributed by atoms with Gasteiger partial charge >= 0.3 is 5.97 Å². The van der Waals surface area contributed by atoms with Crippen molar-refractivity contribution in [1.29, 1.82) is 0 Å². The molecular formula is C16H17ClN2O2. The molecule has 0 fully saturated rings. The number of aryl methyl sites for hydroxylation is 1. The summed E-state index contributed by atoms with van der Waals surface area (Å²) in [6, 6.07) is 7.36. The highest BCUT2D eigenvalue weighted by Gasteiger charge is 2.03. The van der Waals surface area contributed by atoms with Crippen molar-refractivity contribution in [3.8, 4) is 0 Å². The number of carbonyl (C=O) groups is 1. The van der Waals surface area contributed by atoms with Gasteiger partial charge in [0.1, 0.15) is 12.4 Å². The second-order valence-electron chi connectivity index (χ2n) is 4.67. The van der Waals surface area contributed by atoms with Crippen LogP contribution in [0.15, 0.2) is 42.7 Å². The molecule has 0 spiro atoms. The molecule has 21 heavy (non-hydrogen) atoms. The average Bonchev–Trinajstić information content (AvgIpc) is 2.84. The fourth-order valence-corrected chi connectivity index (χ4v) is 2.11. The number of halogens is 1. The first-order valence-electron chi connectivity index (χ1n) is 6.65. The van der Waals surface area contributed by atoms with Crippen LogP contribution in [0.5, 0.6) is 0 Å². The normalized spacial score (nSPS) is 11.5. The summed E-state index contributed by atoms with van der Waals surface area (Å²) in [4.78, 5) is 15.9. The molecule has 0 amide bonds. The van der Waals surface area contributed by atoms with Gasteiger partial charge in [-0.05, 0) is 37.1 Å².